The Balaban J connectivity index is 1.75. The highest BCUT2D eigenvalue weighted by Gasteiger charge is 2.17. The third kappa shape index (κ3) is 2.97. The maximum absolute atomic E-state index is 6.13. The fourth-order valence-electron chi connectivity index (χ4n) is 1.93. The van der Waals surface area contributed by atoms with E-state index in [4.69, 9.17) is 11.6 Å². The van der Waals surface area contributed by atoms with Crippen LogP contribution in [0.15, 0.2) is 17.5 Å². The summed E-state index contributed by atoms with van der Waals surface area (Å²) in [6, 6.07) is 4.34. The molecular weight excluding hydrogens is 214 g/mol. The van der Waals surface area contributed by atoms with Gasteiger partial charge in [-0.3, -0.25) is 0 Å². The zero-order valence-corrected chi connectivity index (χ0v) is 9.86. The minimum Gasteiger partial charge on any atom is -0.302 e. The van der Waals surface area contributed by atoms with Gasteiger partial charge in [0.1, 0.15) is 0 Å². The van der Waals surface area contributed by atoms with E-state index in [-0.39, 0.29) is 0 Å². The lowest BCUT2D eigenvalue weighted by Gasteiger charge is -2.29. The molecule has 1 aromatic heterocycles. The molecule has 0 aliphatic carbocycles. The predicted octanol–water partition coefficient (Wildman–Crippen LogP) is 2.99. The zero-order valence-electron chi connectivity index (χ0n) is 8.29. The van der Waals surface area contributed by atoms with Gasteiger partial charge in [0.25, 0.3) is 0 Å². The predicted molar refractivity (Wildman–Crippen MR) is 63.3 cm³/mol. The molecule has 2 rings (SSSR count). The summed E-state index contributed by atoms with van der Waals surface area (Å²) in [4.78, 5) is 3.97. The van der Waals surface area contributed by atoms with E-state index < -0.39 is 0 Å². The summed E-state index contributed by atoms with van der Waals surface area (Å²) in [5, 5.41) is 2.53. The molecule has 0 radical (unpaired) electrons. The highest BCUT2D eigenvalue weighted by Crippen LogP contribution is 2.16. The van der Waals surface area contributed by atoms with Gasteiger partial charge in [-0.2, -0.15) is 0 Å². The van der Waals surface area contributed by atoms with Gasteiger partial charge in [0.15, 0.2) is 0 Å². The molecule has 1 aliphatic heterocycles. The first kappa shape index (κ1) is 10.5. The van der Waals surface area contributed by atoms with Crippen molar-refractivity contribution >= 4 is 22.9 Å². The number of hydrogen-bond acceptors (Lipinski definition) is 2. The van der Waals surface area contributed by atoms with Crippen molar-refractivity contribution in [3.63, 3.8) is 0 Å². The minimum atomic E-state index is 0.382. The largest absolute Gasteiger partial charge is 0.302 e. The summed E-state index contributed by atoms with van der Waals surface area (Å²) in [6.07, 6.45) is 3.64. The van der Waals surface area contributed by atoms with Crippen molar-refractivity contribution in [2.24, 2.45) is 0 Å². The molecule has 78 valence electrons. The molecular formula is C11H16ClNS. The number of hydrogen-bond donors (Lipinski definition) is 0. The molecule has 1 unspecified atom stereocenters. The molecule has 1 saturated heterocycles. The Hall–Kier alpha value is -0.0500. The number of halogens is 1. The van der Waals surface area contributed by atoms with Crippen molar-refractivity contribution in [1.82, 2.24) is 4.90 Å². The third-order valence-electron chi connectivity index (χ3n) is 2.70. The maximum atomic E-state index is 6.13. The number of piperidine rings is 1. The molecule has 0 saturated carbocycles. The van der Waals surface area contributed by atoms with Crippen molar-refractivity contribution in [3.8, 4) is 0 Å². The summed E-state index contributed by atoms with van der Waals surface area (Å²) in [7, 11) is 0. The van der Waals surface area contributed by atoms with Crippen LogP contribution in [0.3, 0.4) is 0 Å². The van der Waals surface area contributed by atoms with Crippen LogP contribution >= 0.6 is 22.9 Å². The van der Waals surface area contributed by atoms with Crippen LogP contribution in [0.1, 0.15) is 17.7 Å². The molecule has 14 heavy (non-hydrogen) atoms. The second-order valence-corrected chi connectivity index (χ2v) is 5.52. The summed E-state index contributed by atoms with van der Waals surface area (Å²) >= 11 is 7.99. The van der Waals surface area contributed by atoms with Crippen LogP contribution in [0.2, 0.25) is 0 Å². The number of likely N-dealkylation sites (tertiary alicyclic amines) is 1. The smallest absolute Gasteiger partial charge is 0.0463 e. The second kappa shape index (κ2) is 5.15. The Morgan fingerprint density at radius 2 is 2.50 bits per heavy atom. The van der Waals surface area contributed by atoms with Crippen LogP contribution in [-0.2, 0) is 6.42 Å². The van der Waals surface area contributed by atoms with Gasteiger partial charge in [-0.1, -0.05) is 6.07 Å². The molecule has 0 N–H and O–H groups in total. The number of rotatable bonds is 3. The molecule has 1 nitrogen and oxygen atoms in total. The van der Waals surface area contributed by atoms with Crippen LogP contribution in [0.25, 0.3) is 0 Å². The van der Waals surface area contributed by atoms with E-state index >= 15 is 0 Å². The van der Waals surface area contributed by atoms with Gasteiger partial charge in [0.2, 0.25) is 0 Å². The van der Waals surface area contributed by atoms with Gasteiger partial charge in [-0.25, -0.2) is 0 Å². The van der Waals surface area contributed by atoms with Crippen molar-refractivity contribution in [1.29, 1.82) is 0 Å². The van der Waals surface area contributed by atoms with E-state index in [0.29, 0.717) is 5.38 Å². The van der Waals surface area contributed by atoms with Crippen molar-refractivity contribution in [3.05, 3.63) is 22.4 Å². The van der Waals surface area contributed by atoms with Crippen molar-refractivity contribution in [2.45, 2.75) is 24.6 Å². The molecule has 1 fully saturated rings. The highest BCUT2D eigenvalue weighted by atomic mass is 35.5. The monoisotopic (exact) mass is 229 g/mol. The first-order valence-corrected chi connectivity index (χ1v) is 6.55. The molecule has 1 atom stereocenters. The summed E-state index contributed by atoms with van der Waals surface area (Å²) in [6.45, 7) is 3.48. The lowest BCUT2D eigenvalue weighted by molar-refractivity contribution is 0.235. The van der Waals surface area contributed by atoms with E-state index in [0.717, 1.165) is 6.54 Å². The normalized spacial score (nSPS) is 23.9. The Kier molecular flexibility index (Phi) is 3.85. The minimum absolute atomic E-state index is 0.382. The van der Waals surface area contributed by atoms with Gasteiger partial charge < -0.3 is 4.90 Å². The second-order valence-electron chi connectivity index (χ2n) is 3.87. The maximum Gasteiger partial charge on any atom is 0.0463 e. The van der Waals surface area contributed by atoms with E-state index in [9.17, 15) is 0 Å². The molecule has 0 aromatic carbocycles. The van der Waals surface area contributed by atoms with Crippen LogP contribution in [0, 0.1) is 0 Å². The van der Waals surface area contributed by atoms with Crippen LogP contribution < -0.4 is 0 Å². The first-order valence-electron chi connectivity index (χ1n) is 5.23. The summed E-state index contributed by atoms with van der Waals surface area (Å²) < 4.78 is 0. The quantitative estimate of drug-likeness (QED) is 0.721. The molecule has 1 aliphatic rings. The van der Waals surface area contributed by atoms with Crippen LogP contribution in [0.4, 0.5) is 0 Å². The first-order chi connectivity index (χ1) is 6.84. The van der Waals surface area contributed by atoms with Crippen LogP contribution in [0.5, 0.6) is 0 Å². The molecule has 3 heteroatoms. The van der Waals surface area contributed by atoms with E-state index in [1.165, 1.54) is 37.2 Å². The SMILES string of the molecule is ClC1CCCN(CCc2cccs2)C1. The van der Waals surface area contributed by atoms with Gasteiger partial charge >= 0.3 is 0 Å². The highest BCUT2D eigenvalue weighted by molar-refractivity contribution is 7.09. The topological polar surface area (TPSA) is 3.24 Å². The Bertz CT molecular complexity index is 260. The van der Waals surface area contributed by atoms with Gasteiger partial charge in [0, 0.05) is 23.3 Å². The zero-order chi connectivity index (χ0) is 9.80. The van der Waals surface area contributed by atoms with E-state index in [2.05, 4.69) is 22.4 Å². The standard InChI is InChI=1S/C11H16ClNS/c12-10-3-1-6-13(9-10)7-5-11-4-2-8-14-11/h2,4,8,10H,1,3,5-7,9H2. The van der Waals surface area contributed by atoms with Gasteiger partial charge in [-0.15, -0.1) is 22.9 Å². The Morgan fingerprint density at radius 1 is 1.57 bits per heavy atom. The lowest BCUT2D eigenvalue weighted by Crippen LogP contribution is -2.37. The molecule has 1 aromatic rings. The van der Waals surface area contributed by atoms with Crippen molar-refractivity contribution in [2.75, 3.05) is 19.6 Å². The van der Waals surface area contributed by atoms with E-state index in [1.807, 2.05) is 11.3 Å². The van der Waals surface area contributed by atoms with E-state index in [1.54, 1.807) is 0 Å². The molecule has 2 heterocycles. The average Bonchev–Trinajstić information content (AvgIpc) is 2.67. The number of alkyl halides is 1. The van der Waals surface area contributed by atoms with Crippen molar-refractivity contribution < 1.29 is 0 Å². The summed E-state index contributed by atoms with van der Waals surface area (Å²) in [5.41, 5.74) is 0. The summed E-state index contributed by atoms with van der Waals surface area (Å²) in [5.74, 6) is 0. The molecule has 0 spiro atoms. The van der Waals surface area contributed by atoms with Gasteiger partial charge in [-0.05, 0) is 37.3 Å². The Morgan fingerprint density at radius 3 is 3.21 bits per heavy atom. The fourth-order valence-corrected chi connectivity index (χ4v) is 2.97. The Labute approximate surface area is 94.7 Å². The van der Waals surface area contributed by atoms with Gasteiger partial charge in [0.05, 0.1) is 0 Å². The molecule has 0 amide bonds. The third-order valence-corrected chi connectivity index (χ3v) is 3.99. The fraction of sp³-hybridized carbons (Fsp3) is 0.636. The van der Waals surface area contributed by atoms with Crippen LogP contribution in [-0.4, -0.2) is 29.9 Å². The molecule has 0 bridgehead atoms. The number of nitrogens with zero attached hydrogens (tertiary/aromatic N) is 1. The number of thiophene rings is 1. The lowest BCUT2D eigenvalue weighted by atomic mass is 10.1. The average molecular weight is 230 g/mol.